The molecule has 0 atom stereocenters. The van der Waals surface area contributed by atoms with Gasteiger partial charge in [0.15, 0.2) is 0 Å². The van der Waals surface area contributed by atoms with Crippen LogP contribution in [0.1, 0.15) is 5.56 Å². The van der Waals surface area contributed by atoms with Gasteiger partial charge in [0.25, 0.3) is 0 Å². The zero-order valence-electron chi connectivity index (χ0n) is 9.74. The van der Waals surface area contributed by atoms with Crippen LogP contribution >= 0.6 is 27.7 Å². The van der Waals surface area contributed by atoms with Crippen LogP contribution in [0.3, 0.4) is 0 Å². The Balaban J connectivity index is 2.19. The van der Waals surface area contributed by atoms with E-state index in [4.69, 9.17) is 4.74 Å². The van der Waals surface area contributed by atoms with Crippen LogP contribution in [0.5, 0.6) is 5.75 Å². The summed E-state index contributed by atoms with van der Waals surface area (Å²) >= 11 is 5.24. The Hall–Kier alpha value is -0.930. The van der Waals surface area contributed by atoms with Crippen molar-refractivity contribution in [3.63, 3.8) is 0 Å². The van der Waals surface area contributed by atoms with E-state index in [0.29, 0.717) is 0 Å². The van der Waals surface area contributed by atoms with Crippen LogP contribution in [-0.4, -0.2) is 7.11 Å². The van der Waals surface area contributed by atoms with Crippen molar-refractivity contribution in [2.45, 2.75) is 16.7 Å². The van der Waals surface area contributed by atoms with E-state index in [1.165, 1.54) is 15.4 Å². The van der Waals surface area contributed by atoms with Crippen molar-refractivity contribution >= 4 is 27.7 Å². The zero-order valence-corrected chi connectivity index (χ0v) is 12.1. The van der Waals surface area contributed by atoms with Crippen molar-refractivity contribution in [3.8, 4) is 5.75 Å². The largest absolute Gasteiger partial charge is 0.497 e. The third-order valence-corrected chi connectivity index (χ3v) is 4.10. The topological polar surface area (TPSA) is 9.23 Å². The average molecular weight is 309 g/mol. The van der Waals surface area contributed by atoms with E-state index in [2.05, 4.69) is 53.2 Å². The molecule has 0 radical (unpaired) electrons. The lowest BCUT2D eigenvalue weighted by molar-refractivity contribution is 0.414. The van der Waals surface area contributed by atoms with Gasteiger partial charge >= 0.3 is 0 Å². The van der Waals surface area contributed by atoms with E-state index in [1.807, 2.05) is 12.1 Å². The summed E-state index contributed by atoms with van der Waals surface area (Å²) in [5, 5.41) is 0. The molecular weight excluding hydrogens is 296 g/mol. The van der Waals surface area contributed by atoms with Gasteiger partial charge in [-0.15, -0.1) is 0 Å². The van der Waals surface area contributed by atoms with Crippen molar-refractivity contribution in [1.29, 1.82) is 0 Å². The van der Waals surface area contributed by atoms with Crippen LogP contribution in [0.2, 0.25) is 0 Å². The minimum absolute atomic E-state index is 0.891. The maximum atomic E-state index is 5.14. The van der Waals surface area contributed by atoms with Gasteiger partial charge in [-0.2, -0.15) is 0 Å². The van der Waals surface area contributed by atoms with Crippen LogP contribution in [-0.2, 0) is 0 Å². The van der Waals surface area contributed by atoms with Crippen LogP contribution in [0.25, 0.3) is 0 Å². The fourth-order valence-electron chi connectivity index (χ4n) is 1.50. The van der Waals surface area contributed by atoms with Gasteiger partial charge in [0.05, 0.1) is 7.11 Å². The van der Waals surface area contributed by atoms with Crippen molar-refractivity contribution in [3.05, 3.63) is 52.5 Å². The molecule has 0 amide bonds. The van der Waals surface area contributed by atoms with Gasteiger partial charge in [-0.1, -0.05) is 27.7 Å². The molecule has 0 N–H and O–H groups in total. The maximum Gasteiger partial charge on any atom is 0.118 e. The zero-order chi connectivity index (χ0) is 12.3. The predicted molar refractivity (Wildman–Crippen MR) is 76.0 cm³/mol. The Morgan fingerprint density at radius 3 is 2.35 bits per heavy atom. The third-order valence-electron chi connectivity index (χ3n) is 2.42. The Morgan fingerprint density at radius 2 is 1.76 bits per heavy atom. The second kappa shape index (κ2) is 5.61. The SMILES string of the molecule is COc1ccc(Sc2ccc(Br)cc2C)cc1. The first-order chi connectivity index (χ1) is 8.19. The third kappa shape index (κ3) is 3.27. The molecule has 2 aromatic rings. The number of hydrogen-bond donors (Lipinski definition) is 0. The molecular formula is C14H13BrOS. The van der Waals surface area contributed by atoms with Crippen LogP contribution in [0.4, 0.5) is 0 Å². The number of rotatable bonds is 3. The molecule has 88 valence electrons. The molecule has 0 fully saturated rings. The minimum atomic E-state index is 0.891. The lowest BCUT2D eigenvalue weighted by Gasteiger charge is -2.06. The highest BCUT2D eigenvalue weighted by Crippen LogP contribution is 2.32. The average Bonchev–Trinajstić information content (AvgIpc) is 2.34. The molecule has 2 rings (SSSR count). The fourth-order valence-corrected chi connectivity index (χ4v) is 2.86. The number of ether oxygens (including phenoxy) is 1. The molecule has 0 heterocycles. The highest BCUT2D eigenvalue weighted by Gasteiger charge is 2.02. The van der Waals surface area contributed by atoms with E-state index in [0.717, 1.165) is 10.2 Å². The smallest absolute Gasteiger partial charge is 0.118 e. The monoisotopic (exact) mass is 308 g/mol. The molecule has 0 saturated carbocycles. The van der Waals surface area contributed by atoms with Crippen molar-refractivity contribution < 1.29 is 4.74 Å². The molecule has 0 saturated heterocycles. The standard InChI is InChI=1S/C14H13BrOS/c1-10-9-11(15)3-8-14(10)17-13-6-4-12(16-2)5-7-13/h3-9H,1-2H3. The summed E-state index contributed by atoms with van der Waals surface area (Å²) in [5.74, 6) is 0.891. The quantitative estimate of drug-likeness (QED) is 0.796. The summed E-state index contributed by atoms with van der Waals surface area (Å²) < 4.78 is 6.26. The molecule has 17 heavy (non-hydrogen) atoms. The molecule has 3 heteroatoms. The Labute approximate surface area is 114 Å². The van der Waals surface area contributed by atoms with Crippen LogP contribution in [0, 0.1) is 6.92 Å². The van der Waals surface area contributed by atoms with Crippen molar-refractivity contribution in [2.24, 2.45) is 0 Å². The summed E-state index contributed by atoms with van der Waals surface area (Å²) in [4.78, 5) is 2.49. The van der Waals surface area contributed by atoms with Crippen molar-refractivity contribution in [2.75, 3.05) is 7.11 Å². The molecule has 0 aliphatic heterocycles. The molecule has 1 nitrogen and oxygen atoms in total. The molecule has 0 unspecified atom stereocenters. The number of halogens is 1. The lowest BCUT2D eigenvalue weighted by Crippen LogP contribution is -1.82. The molecule has 0 aromatic heterocycles. The highest BCUT2D eigenvalue weighted by molar-refractivity contribution is 9.10. The van der Waals surface area contributed by atoms with Gasteiger partial charge in [0.2, 0.25) is 0 Å². The summed E-state index contributed by atoms with van der Waals surface area (Å²) in [6, 6.07) is 14.4. The van der Waals surface area contributed by atoms with Gasteiger partial charge in [0.1, 0.15) is 5.75 Å². The number of benzene rings is 2. The van der Waals surface area contributed by atoms with Gasteiger partial charge in [0, 0.05) is 14.3 Å². The van der Waals surface area contributed by atoms with E-state index in [9.17, 15) is 0 Å². The fraction of sp³-hybridized carbons (Fsp3) is 0.143. The summed E-state index contributed by atoms with van der Waals surface area (Å²) in [7, 11) is 1.68. The molecule has 0 spiro atoms. The maximum absolute atomic E-state index is 5.14. The van der Waals surface area contributed by atoms with E-state index < -0.39 is 0 Å². The lowest BCUT2D eigenvalue weighted by atomic mass is 10.2. The van der Waals surface area contributed by atoms with Gasteiger partial charge in [-0.25, -0.2) is 0 Å². The Kier molecular flexibility index (Phi) is 4.13. The summed E-state index contributed by atoms with van der Waals surface area (Å²) in [6.45, 7) is 2.12. The predicted octanol–water partition coefficient (Wildman–Crippen LogP) is 4.92. The van der Waals surface area contributed by atoms with Gasteiger partial charge < -0.3 is 4.74 Å². The molecule has 0 aliphatic rings. The first-order valence-corrected chi connectivity index (χ1v) is 6.88. The first-order valence-electron chi connectivity index (χ1n) is 5.27. The molecule has 2 aromatic carbocycles. The Bertz CT molecular complexity index is 508. The van der Waals surface area contributed by atoms with Gasteiger partial charge in [-0.05, 0) is 55.0 Å². The molecule has 0 bridgehead atoms. The highest BCUT2D eigenvalue weighted by atomic mass is 79.9. The first kappa shape index (κ1) is 12.5. The van der Waals surface area contributed by atoms with Crippen LogP contribution in [0.15, 0.2) is 56.7 Å². The number of hydrogen-bond acceptors (Lipinski definition) is 2. The summed E-state index contributed by atoms with van der Waals surface area (Å²) in [6.07, 6.45) is 0. The normalized spacial score (nSPS) is 10.3. The van der Waals surface area contributed by atoms with Crippen LogP contribution < -0.4 is 4.74 Å². The van der Waals surface area contributed by atoms with E-state index >= 15 is 0 Å². The Morgan fingerprint density at radius 1 is 1.06 bits per heavy atom. The van der Waals surface area contributed by atoms with E-state index in [-0.39, 0.29) is 0 Å². The minimum Gasteiger partial charge on any atom is -0.497 e. The van der Waals surface area contributed by atoms with Crippen molar-refractivity contribution in [1.82, 2.24) is 0 Å². The summed E-state index contributed by atoms with van der Waals surface area (Å²) in [5.41, 5.74) is 1.28. The second-order valence-corrected chi connectivity index (χ2v) is 5.72. The van der Waals surface area contributed by atoms with Gasteiger partial charge in [-0.3, -0.25) is 0 Å². The number of aryl methyl sites for hydroxylation is 1. The number of methoxy groups -OCH3 is 1. The van der Waals surface area contributed by atoms with E-state index in [1.54, 1.807) is 18.9 Å². The second-order valence-electron chi connectivity index (χ2n) is 3.69. The molecule has 0 aliphatic carbocycles.